The zero-order valence-corrected chi connectivity index (χ0v) is 11.8. The van der Waals surface area contributed by atoms with Crippen LogP contribution >= 0.6 is 0 Å². The zero-order chi connectivity index (χ0) is 14.2. The van der Waals surface area contributed by atoms with Gasteiger partial charge in [-0.3, -0.25) is 0 Å². The van der Waals surface area contributed by atoms with Crippen molar-refractivity contribution >= 4 is 0 Å². The fraction of sp³-hybridized carbons (Fsp3) is 1.00. The van der Waals surface area contributed by atoms with Crippen molar-refractivity contribution < 1.29 is 33.5 Å². The molecule has 7 heteroatoms. The van der Waals surface area contributed by atoms with Gasteiger partial charge in [0, 0.05) is 14.2 Å². The van der Waals surface area contributed by atoms with E-state index < -0.39 is 0 Å². The minimum absolute atomic E-state index is 0.0378. The summed E-state index contributed by atoms with van der Waals surface area (Å²) in [5.74, 6) is 0. The van der Waals surface area contributed by atoms with E-state index in [1.807, 2.05) is 0 Å². The molecular formula is C12H26O7. The highest BCUT2D eigenvalue weighted by Crippen LogP contribution is 1.91. The Morgan fingerprint density at radius 1 is 0.684 bits per heavy atom. The van der Waals surface area contributed by atoms with Crippen molar-refractivity contribution in [3.63, 3.8) is 0 Å². The Labute approximate surface area is 114 Å². The lowest BCUT2D eigenvalue weighted by Crippen LogP contribution is -2.21. The summed E-state index contributed by atoms with van der Waals surface area (Å²) in [6, 6.07) is 0. The molecule has 0 bridgehead atoms. The van der Waals surface area contributed by atoms with Crippen LogP contribution in [-0.4, -0.2) is 85.1 Å². The van der Waals surface area contributed by atoms with E-state index in [0.29, 0.717) is 52.9 Å². The first-order valence-corrected chi connectivity index (χ1v) is 6.32. The summed E-state index contributed by atoms with van der Waals surface area (Å²) in [5.41, 5.74) is 0. The quantitative estimate of drug-likeness (QED) is 0.325. The smallest absolute Gasteiger partial charge is 0.180 e. The topological polar surface area (TPSA) is 75.6 Å². The van der Waals surface area contributed by atoms with E-state index in [0.717, 1.165) is 0 Å². The average Bonchev–Trinajstić information content (AvgIpc) is 2.44. The summed E-state index contributed by atoms with van der Waals surface area (Å²) in [6.45, 7) is 3.78. The van der Waals surface area contributed by atoms with Crippen LogP contribution in [0, 0.1) is 0 Å². The molecule has 0 fully saturated rings. The predicted molar refractivity (Wildman–Crippen MR) is 68.2 cm³/mol. The van der Waals surface area contributed by atoms with Gasteiger partial charge in [-0.25, -0.2) is 0 Å². The van der Waals surface area contributed by atoms with Crippen LogP contribution in [0.5, 0.6) is 0 Å². The number of hydrogen-bond acceptors (Lipinski definition) is 7. The molecule has 0 atom stereocenters. The predicted octanol–water partition coefficient (Wildman–Crippen LogP) is -0.336. The van der Waals surface area contributed by atoms with Gasteiger partial charge < -0.3 is 33.5 Å². The van der Waals surface area contributed by atoms with Gasteiger partial charge in [0.1, 0.15) is 0 Å². The van der Waals surface area contributed by atoms with Crippen molar-refractivity contribution in [3.05, 3.63) is 0 Å². The van der Waals surface area contributed by atoms with Crippen molar-refractivity contribution in [1.29, 1.82) is 0 Å². The highest BCUT2D eigenvalue weighted by Gasteiger charge is 2.03. The maximum atomic E-state index is 8.46. The fourth-order valence-electron chi connectivity index (χ4n) is 1.14. The Morgan fingerprint density at radius 2 is 1.11 bits per heavy atom. The molecule has 0 aromatic heterocycles. The second kappa shape index (κ2) is 15.8. The van der Waals surface area contributed by atoms with E-state index in [4.69, 9.17) is 33.5 Å². The van der Waals surface area contributed by atoms with E-state index in [1.165, 1.54) is 0 Å². The maximum absolute atomic E-state index is 8.46. The van der Waals surface area contributed by atoms with Crippen LogP contribution < -0.4 is 0 Å². The van der Waals surface area contributed by atoms with Crippen LogP contribution in [-0.2, 0) is 28.4 Å². The summed E-state index contributed by atoms with van der Waals surface area (Å²) in [7, 11) is 3.13. The molecule has 0 radical (unpaired) electrons. The van der Waals surface area contributed by atoms with Gasteiger partial charge in [0.25, 0.3) is 0 Å². The molecular weight excluding hydrogens is 256 g/mol. The summed E-state index contributed by atoms with van der Waals surface area (Å²) in [4.78, 5) is 0. The minimum atomic E-state index is -0.331. The van der Waals surface area contributed by atoms with Gasteiger partial charge in [-0.2, -0.15) is 0 Å². The molecule has 19 heavy (non-hydrogen) atoms. The molecule has 0 aromatic rings. The first-order valence-electron chi connectivity index (χ1n) is 6.32. The van der Waals surface area contributed by atoms with Crippen molar-refractivity contribution in [1.82, 2.24) is 0 Å². The largest absolute Gasteiger partial charge is 0.394 e. The van der Waals surface area contributed by atoms with Crippen LogP contribution in [0.4, 0.5) is 0 Å². The molecule has 116 valence electrons. The van der Waals surface area contributed by atoms with E-state index in [-0.39, 0.29) is 12.9 Å². The Morgan fingerprint density at radius 3 is 1.53 bits per heavy atom. The second-order valence-corrected chi connectivity index (χ2v) is 3.54. The van der Waals surface area contributed by atoms with Gasteiger partial charge in [0.15, 0.2) is 6.29 Å². The lowest BCUT2D eigenvalue weighted by molar-refractivity contribution is -0.143. The second-order valence-electron chi connectivity index (χ2n) is 3.54. The van der Waals surface area contributed by atoms with Crippen molar-refractivity contribution in [2.24, 2.45) is 0 Å². The van der Waals surface area contributed by atoms with Crippen LogP contribution in [0.15, 0.2) is 0 Å². The van der Waals surface area contributed by atoms with E-state index >= 15 is 0 Å². The third kappa shape index (κ3) is 13.9. The Hall–Kier alpha value is -0.280. The molecule has 0 saturated heterocycles. The molecule has 0 aromatic carbocycles. The number of hydrogen-bond donors (Lipinski definition) is 1. The lowest BCUT2D eigenvalue weighted by atomic mass is 10.6. The fourth-order valence-corrected chi connectivity index (χ4v) is 1.14. The number of methoxy groups -OCH3 is 2. The number of aliphatic hydroxyl groups excluding tert-OH is 1. The normalized spacial score (nSPS) is 11.4. The van der Waals surface area contributed by atoms with Gasteiger partial charge in [-0.05, 0) is 0 Å². The molecule has 0 heterocycles. The number of ether oxygens (including phenoxy) is 6. The summed E-state index contributed by atoms with van der Waals surface area (Å²) in [5, 5.41) is 8.46. The third-order valence-corrected chi connectivity index (χ3v) is 2.13. The molecule has 7 nitrogen and oxygen atoms in total. The summed E-state index contributed by atoms with van der Waals surface area (Å²) < 4.78 is 30.8. The minimum Gasteiger partial charge on any atom is -0.394 e. The summed E-state index contributed by atoms with van der Waals surface area (Å²) in [6.07, 6.45) is -0.331. The van der Waals surface area contributed by atoms with Crippen molar-refractivity contribution in [2.75, 3.05) is 73.7 Å². The monoisotopic (exact) mass is 282 g/mol. The van der Waals surface area contributed by atoms with E-state index in [1.54, 1.807) is 14.2 Å². The molecule has 0 rings (SSSR count). The molecule has 0 unspecified atom stereocenters. The standard InChI is InChI=1S/C12H26O7/c1-14-12(15-2)11-19-10-9-18-8-7-17-6-5-16-4-3-13/h12-13H,3-11H2,1-2H3. The number of rotatable bonds is 15. The van der Waals surface area contributed by atoms with Gasteiger partial charge >= 0.3 is 0 Å². The van der Waals surface area contributed by atoms with Crippen LogP contribution in [0.25, 0.3) is 0 Å². The molecule has 0 amide bonds. The summed E-state index contributed by atoms with van der Waals surface area (Å²) >= 11 is 0. The SMILES string of the molecule is COC(COCCOCCOCCOCCO)OC. The van der Waals surface area contributed by atoms with Gasteiger partial charge in [0.2, 0.25) is 0 Å². The lowest BCUT2D eigenvalue weighted by Gasteiger charge is -2.13. The molecule has 0 saturated carbocycles. The Bertz CT molecular complexity index is 164. The molecule has 0 aliphatic rings. The first kappa shape index (κ1) is 18.7. The van der Waals surface area contributed by atoms with E-state index in [9.17, 15) is 0 Å². The first-order chi connectivity index (χ1) is 9.35. The van der Waals surface area contributed by atoms with Crippen LogP contribution in [0.1, 0.15) is 0 Å². The zero-order valence-electron chi connectivity index (χ0n) is 11.8. The molecule has 0 spiro atoms. The highest BCUT2D eigenvalue weighted by molar-refractivity contribution is 4.39. The average molecular weight is 282 g/mol. The van der Waals surface area contributed by atoms with Gasteiger partial charge in [-0.15, -0.1) is 0 Å². The van der Waals surface area contributed by atoms with Crippen molar-refractivity contribution in [2.45, 2.75) is 6.29 Å². The van der Waals surface area contributed by atoms with Gasteiger partial charge in [-0.1, -0.05) is 0 Å². The highest BCUT2D eigenvalue weighted by atomic mass is 16.7. The third-order valence-electron chi connectivity index (χ3n) is 2.13. The van der Waals surface area contributed by atoms with Crippen LogP contribution in [0.2, 0.25) is 0 Å². The van der Waals surface area contributed by atoms with Crippen LogP contribution in [0.3, 0.4) is 0 Å². The maximum Gasteiger partial charge on any atom is 0.180 e. The Kier molecular flexibility index (Phi) is 15.5. The van der Waals surface area contributed by atoms with E-state index in [2.05, 4.69) is 0 Å². The molecule has 0 aliphatic carbocycles. The molecule has 1 N–H and O–H groups in total. The Balaban J connectivity index is 3.02. The van der Waals surface area contributed by atoms with Crippen molar-refractivity contribution in [3.8, 4) is 0 Å². The van der Waals surface area contributed by atoms with Gasteiger partial charge in [0.05, 0.1) is 59.5 Å². The molecule has 0 aliphatic heterocycles. The number of aliphatic hydroxyl groups is 1.